The van der Waals surface area contributed by atoms with Crippen molar-refractivity contribution in [2.75, 3.05) is 6.54 Å². The number of primary amides is 1. The predicted molar refractivity (Wildman–Crippen MR) is 96.4 cm³/mol. The number of hydrogen-bond acceptors (Lipinski definition) is 2. The Bertz CT molecular complexity index is 898. The monoisotopic (exact) mass is 316 g/mol. The number of nitrogens with two attached hydrogens (primary N) is 1. The van der Waals surface area contributed by atoms with E-state index in [0.29, 0.717) is 0 Å². The number of rotatable bonds is 3. The van der Waals surface area contributed by atoms with Crippen LogP contribution in [0.25, 0.3) is 10.8 Å². The lowest BCUT2D eigenvalue weighted by molar-refractivity contribution is -0.124. The van der Waals surface area contributed by atoms with E-state index in [0.717, 1.165) is 25.1 Å². The maximum absolute atomic E-state index is 12.2. The van der Waals surface area contributed by atoms with E-state index >= 15 is 0 Å². The molecule has 0 bridgehead atoms. The van der Waals surface area contributed by atoms with Gasteiger partial charge >= 0.3 is 0 Å². The lowest BCUT2D eigenvalue weighted by Gasteiger charge is -2.35. The largest absolute Gasteiger partial charge is 0.368 e. The van der Waals surface area contributed by atoms with E-state index in [1.807, 2.05) is 18.2 Å². The van der Waals surface area contributed by atoms with Gasteiger partial charge in [-0.25, -0.2) is 0 Å². The highest BCUT2D eigenvalue weighted by Gasteiger charge is 2.31. The van der Waals surface area contributed by atoms with Crippen molar-refractivity contribution in [3.05, 3.63) is 83.4 Å². The zero-order valence-corrected chi connectivity index (χ0v) is 13.5. The predicted octanol–water partition coefficient (Wildman–Crippen LogP) is 3.42. The van der Waals surface area contributed by atoms with Gasteiger partial charge in [0, 0.05) is 13.1 Å². The highest BCUT2D eigenvalue weighted by atomic mass is 16.1. The lowest BCUT2D eigenvalue weighted by atomic mass is 9.91. The quantitative estimate of drug-likeness (QED) is 0.805. The summed E-state index contributed by atoms with van der Waals surface area (Å²) in [4.78, 5) is 14.4. The number of carbonyl (C=O) groups is 1. The summed E-state index contributed by atoms with van der Waals surface area (Å²) in [7, 11) is 0. The summed E-state index contributed by atoms with van der Waals surface area (Å²) < 4.78 is 0. The van der Waals surface area contributed by atoms with E-state index < -0.39 is 0 Å². The summed E-state index contributed by atoms with van der Waals surface area (Å²) in [5.41, 5.74) is 9.28. The summed E-state index contributed by atoms with van der Waals surface area (Å²) in [6.07, 6.45) is 0.949. The number of benzene rings is 3. The second kappa shape index (κ2) is 6.10. The first-order valence-corrected chi connectivity index (χ1v) is 8.32. The normalized spacial score (nSPS) is 17.6. The second-order valence-electron chi connectivity index (χ2n) is 6.36. The molecule has 4 rings (SSSR count). The minimum absolute atomic E-state index is 0.276. The molecule has 1 heterocycles. The van der Waals surface area contributed by atoms with Gasteiger partial charge in [-0.3, -0.25) is 9.69 Å². The van der Waals surface area contributed by atoms with Crippen LogP contribution >= 0.6 is 0 Å². The highest BCUT2D eigenvalue weighted by molar-refractivity contribution is 5.86. The van der Waals surface area contributed by atoms with Gasteiger partial charge < -0.3 is 5.73 Å². The van der Waals surface area contributed by atoms with Crippen molar-refractivity contribution in [3.63, 3.8) is 0 Å². The highest BCUT2D eigenvalue weighted by Crippen LogP contribution is 2.31. The van der Waals surface area contributed by atoms with Crippen LogP contribution in [0.3, 0.4) is 0 Å². The molecule has 0 aromatic heterocycles. The van der Waals surface area contributed by atoms with Gasteiger partial charge in [0.05, 0.1) is 0 Å². The van der Waals surface area contributed by atoms with Crippen molar-refractivity contribution in [1.29, 1.82) is 0 Å². The van der Waals surface area contributed by atoms with E-state index in [1.165, 1.54) is 21.9 Å². The maximum atomic E-state index is 12.2. The molecule has 1 aliphatic heterocycles. The van der Waals surface area contributed by atoms with Crippen molar-refractivity contribution in [3.8, 4) is 0 Å². The molecule has 0 saturated heterocycles. The molecular weight excluding hydrogens is 296 g/mol. The molecule has 0 saturated carbocycles. The fourth-order valence-electron chi connectivity index (χ4n) is 3.77. The number of fused-ring (bicyclic) bond motifs is 2. The number of amides is 1. The van der Waals surface area contributed by atoms with E-state index in [4.69, 9.17) is 5.73 Å². The molecule has 0 fully saturated rings. The van der Waals surface area contributed by atoms with Crippen LogP contribution in [0.5, 0.6) is 0 Å². The summed E-state index contributed by atoms with van der Waals surface area (Å²) in [6, 6.07) is 22.5. The SMILES string of the molecule is NC(=O)C1c2ccccc2CCN1Cc1cccc2ccccc12. The van der Waals surface area contributed by atoms with Crippen LogP contribution < -0.4 is 5.73 Å². The summed E-state index contributed by atoms with van der Waals surface area (Å²) in [5.74, 6) is -0.276. The van der Waals surface area contributed by atoms with Crippen LogP contribution in [-0.2, 0) is 17.8 Å². The van der Waals surface area contributed by atoms with Crippen molar-refractivity contribution >= 4 is 16.7 Å². The smallest absolute Gasteiger partial charge is 0.239 e. The molecule has 1 atom stereocenters. The molecule has 0 radical (unpaired) electrons. The Morgan fingerprint density at radius 2 is 1.75 bits per heavy atom. The molecule has 1 aliphatic rings. The Balaban J connectivity index is 1.72. The molecular formula is C21H20N2O. The summed E-state index contributed by atoms with van der Waals surface area (Å²) >= 11 is 0. The van der Waals surface area contributed by atoms with Crippen LogP contribution in [0.15, 0.2) is 66.7 Å². The van der Waals surface area contributed by atoms with Crippen LogP contribution in [-0.4, -0.2) is 17.4 Å². The molecule has 1 unspecified atom stereocenters. The van der Waals surface area contributed by atoms with Crippen molar-refractivity contribution < 1.29 is 4.79 Å². The fraction of sp³-hybridized carbons (Fsp3) is 0.190. The third kappa shape index (κ3) is 2.57. The third-order valence-electron chi connectivity index (χ3n) is 4.91. The van der Waals surface area contributed by atoms with Crippen molar-refractivity contribution in [2.24, 2.45) is 5.73 Å². The topological polar surface area (TPSA) is 46.3 Å². The van der Waals surface area contributed by atoms with Gasteiger partial charge in [-0.05, 0) is 33.9 Å². The standard InChI is InChI=1S/C21H20N2O/c22-21(24)20-19-11-4-2-7-16(19)12-13-23(20)14-17-9-5-8-15-6-1-3-10-18(15)17/h1-11,20H,12-14H2,(H2,22,24). The van der Waals surface area contributed by atoms with E-state index in [-0.39, 0.29) is 11.9 Å². The average molecular weight is 316 g/mol. The molecule has 24 heavy (non-hydrogen) atoms. The molecule has 3 nitrogen and oxygen atoms in total. The van der Waals surface area contributed by atoms with E-state index in [9.17, 15) is 4.79 Å². The Morgan fingerprint density at radius 3 is 2.62 bits per heavy atom. The van der Waals surface area contributed by atoms with Gasteiger partial charge in [-0.2, -0.15) is 0 Å². The average Bonchev–Trinajstić information content (AvgIpc) is 2.61. The first-order valence-electron chi connectivity index (χ1n) is 8.32. The van der Waals surface area contributed by atoms with Crippen LogP contribution in [0.2, 0.25) is 0 Å². The molecule has 0 spiro atoms. The maximum Gasteiger partial charge on any atom is 0.239 e. The molecule has 2 N–H and O–H groups in total. The molecule has 0 aliphatic carbocycles. The van der Waals surface area contributed by atoms with Gasteiger partial charge in [0.2, 0.25) is 5.91 Å². The third-order valence-corrected chi connectivity index (χ3v) is 4.91. The first-order chi connectivity index (χ1) is 11.7. The summed E-state index contributed by atoms with van der Waals surface area (Å²) in [5, 5.41) is 2.46. The molecule has 3 aromatic rings. The van der Waals surface area contributed by atoms with Crippen LogP contribution in [0, 0.1) is 0 Å². The molecule has 3 heteroatoms. The zero-order chi connectivity index (χ0) is 16.5. The second-order valence-corrected chi connectivity index (χ2v) is 6.36. The Morgan fingerprint density at radius 1 is 1.00 bits per heavy atom. The minimum Gasteiger partial charge on any atom is -0.368 e. The first kappa shape index (κ1) is 14.9. The van der Waals surface area contributed by atoms with Gasteiger partial charge in [-0.15, -0.1) is 0 Å². The summed E-state index contributed by atoms with van der Waals surface area (Å²) in [6.45, 7) is 1.57. The number of nitrogens with zero attached hydrogens (tertiary/aromatic N) is 1. The lowest BCUT2D eigenvalue weighted by Crippen LogP contribution is -2.42. The van der Waals surface area contributed by atoms with E-state index in [2.05, 4.69) is 53.4 Å². The van der Waals surface area contributed by atoms with Gasteiger partial charge in [-0.1, -0.05) is 66.7 Å². The number of hydrogen-bond donors (Lipinski definition) is 1. The van der Waals surface area contributed by atoms with Gasteiger partial charge in [0.1, 0.15) is 6.04 Å². The van der Waals surface area contributed by atoms with Crippen LogP contribution in [0.1, 0.15) is 22.7 Å². The molecule has 3 aromatic carbocycles. The Hall–Kier alpha value is -2.65. The Labute approximate surface area is 141 Å². The Kier molecular flexibility index (Phi) is 3.79. The molecule has 1 amide bonds. The molecule has 120 valence electrons. The van der Waals surface area contributed by atoms with Crippen molar-refractivity contribution in [2.45, 2.75) is 19.0 Å². The fourth-order valence-corrected chi connectivity index (χ4v) is 3.77. The van der Waals surface area contributed by atoms with Crippen molar-refractivity contribution in [1.82, 2.24) is 4.90 Å². The van der Waals surface area contributed by atoms with Gasteiger partial charge in [0.15, 0.2) is 0 Å². The minimum atomic E-state index is -0.353. The van der Waals surface area contributed by atoms with E-state index in [1.54, 1.807) is 0 Å². The van der Waals surface area contributed by atoms with Gasteiger partial charge in [0.25, 0.3) is 0 Å². The van der Waals surface area contributed by atoms with Crippen LogP contribution in [0.4, 0.5) is 0 Å². The zero-order valence-electron chi connectivity index (χ0n) is 13.5. The number of carbonyl (C=O) groups excluding carboxylic acids is 1.